The standard InChI is InChI=1S/C19H26N6O3/c1-27-15-8-7-11(9-16(15)28-2)23-18-12(17(21)26)10-22-19(25-18)24-14-6-4-3-5-13(14)20/h7-10,13-14H,3-6,20H2,1-2H3,(H2,21,26)(H2,22,23,24,25)/t13-,14+/m1/s1. The molecule has 28 heavy (non-hydrogen) atoms. The number of amides is 1. The number of carbonyl (C=O) groups is 1. The van der Waals surface area contributed by atoms with Crippen LogP contribution >= 0.6 is 0 Å². The van der Waals surface area contributed by atoms with Gasteiger partial charge in [0, 0.05) is 30.0 Å². The summed E-state index contributed by atoms with van der Waals surface area (Å²) in [5.41, 5.74) is 12.5. The lowest BCUT2D eigenvalue weighted by Gasteiger charge is -2.29. The number of nitrogens with two attached hydrogens (primary N) is 2. The first kappa shape index (κ1) is 19.7. The van der Waals surface area contributed by atoms with E-state index >= 15 is 0 Å². The van der Waals surface area contributed by atoms with Crippen LogP contribution in [0.2, 0.25) is 0 Å². The fourth-order valence-corrected chi connectivity index (χ4v) is 3.28. The van der Waals surface area contributed by atoms with Crippen LogP contribution in [0.3, 0.4) is 0 Å². The predicted octanol–water partition coefficient (Wildman–Crippen LogP) is 2.02. The number of benzene rings is 1. The second-order valence-corrected chi connectivity index (χ2v) is 6.71. The Hall–Kier alpha value is -3.07. The van der Waals surface area contributed by atoms with Gasteiger partial charge in [-0.2, -0.15) is 4.98 Å². The molecule has 1 saturated carbocycles. The minimum absolute atomic E-state index is 0.0513. The first-order valence-corrected chi connectivity index (χ1v) is 9.20. The number of rotatable bonds is 7. The van der Waals surface area contributed by atoms with Crippen LogP contribution in [-0.2, 0) is 0 Å². The van der Waals surface area contributed by atoms with Gasteiger partial charge in [-0.15, -0.1) is 0 Å². The minimum Gasteiger partial charge on any atom is -0.493 e. The highest BCUT2D eigenvalue weighted by Crippen LogP contribution is 2.31. The molecule has 0 saturated heterocycles. The van der Waals surface area contributed by atoms with Crippen LogP contribution in [0.5, 0.6) is 11.5 Å². The quantitative estimate of drug-likeness (QED) is 0.567. The lowest BCUT2D eigenvalue weighted by atomic mass is 9.91. The molecule has 1 fully saturated rings. The number of anilines is 3. The van der Waals surface area contributed by atoms with Gasteiger partial charge in [0.1, 0.15) is 11.4 Å². The van der Waals surface area contributed by atoms with Gasteiger partial charge in [0.25, 0.3) is 5.91 Å². The minimum atomic E-state index is -0.621. The van der Waals surface area contributed by atoms with Crippen LogP contribution < -0.4 is 31.6 Å². The molecule has 1 aliphatic rings. The van der Waals surface area contributed by atoms with Gasteiger partial charge >= 0.3 is 0 Å². The molecule has 2 aromatic rings. The molecule has 0 radical (unpaired) electrons. The Morgan fingerprint density at radius 3 is 2.61 bits per heavy atom. The zero-order chi connectivity index (χ0) is 20.1. The largest absolute Gasteiger partial charge is 0.493 e. The van der Waals surface area contributed by atoms with Crippen LogP contribution in [0.4, 0.5) is 17.5 Å². The summed E-state index contributed by atoms with van der Waals surface area (Å²) in [4.78, 5) is 20.5. The van der Waals surface area contributed by atoms with Crippen molar-refractivity contribution < 1.29 is 14.3 Å². The maximum Gasteiger partial charge on any atom is 0.254 e. The smallest absolute Gasteiger partial charge is 0.254 e. The van der Waals surface area contributed by atoms with Crippen LogP contribution in [0.15, 0.2) is 24.4 Å². The summed E-state index contributed by atoms with van der Waals surface area (Å²) < 4.78 is 10.6. The number of primary amides is 1. The summed E-state index contributed by atoms with van der Waals surface area (Å²) in [7, 11) is 3.12. The Balaban J connectivity index is 1.86. The second-order valence-electron chi connectivity index (χ2n) is 6.71. The third-order valence-electron chi connectivity index (χ3n) is 4.83. The summed E-state index contributed by atoms with van der Waals surface area (Å²) in [5.74, 6) is 1.23. The van der Waals surface area contributed by atoms with Crippen LogP contribution in [0.1, 0.15) is 36.0 Å². The topological polar surface area (TPSA) is 137 Å². The highest BCUT2D eigenvalue weighted by Gasteiger charge is 2.23. The third-order valence-corrected chi connectivity index (χ3v) is 4.83. The molecule has 150 valence electrons. The van der Waals surface area contributed by atoms with Crippen LogP contribution in [-0.4, -0.2) is 42.2 Å². The van der Waals surface area contributed by atoms with Gasteiger partial charge in [0.2, 0.25) is 5.95 Å². The number of hydrogen-bond donors (Lipinski definition) is 4. The Morgan fingerprint density at radius 2 is 1.93 bits per heavy atom. The van der Waals surface area contributed by atoms with E-state index in [1.165, 1.54) is 6.20 Å². The SMILES string of the molecule is COc1ccc(Nc2nc(N[C@H]3CCCC[C@H]3N)ncc2C(N)=O)cc1OC. The highest BCUT2D eigenvalue weighted by molar-refractivity contribution is 5.98. The lowest BCUT2D eigenvalue weighted by molar-refractivity contribution is 0.100. The van der Waals surface area contributed by atoms with Crippen molar-refractivity contribution in [3.05, 3.63) is 30.0 Å². The predicted molar refractivity (Wildman–Crippen MR) is 107 cm³/mol. The summed E-state index contributed by atoms with van der Waals surface area (Å²) in [6, 6.07) is 5.44. The van der Waals surface area contributed by atoms with E-state index in [0.717, 1.165) is 25.7 Å². The molecule has 0 aliphatic heterocycles. The lowest BCUT2D eigenvalue weighted by Crippen LogP contribution is -2.43. The van der Waals surface area contributed by atoms with Gasteiger partial charge in [-0.1, -0.05) is 12.8 Å². The number of carbonyl (C=O) groups excluding carboxylic acids is 1. The maximum absolute atomic E-state index is 11.8. The van der Waals surface area contributed by atoms with Crippen molar-refractivity contribution in [3.63, 3.8) is 0 Å². The van der Waals surface area contributed by atoms with Crippen molar-refractivity contribution in [2.45, 2.75) is 37.8 Å². The number of nitrogens with one attached hydrogen (secondary N) is 2. The van der Waals surface area contributed by atoms with E-state index in [1.807, 2.05) is 0 Å². The number of methoxy groups -OCH3 is 2. The highest BCUT2D eigenvalue weighted by atomic mass is 16.5. The van der Waals surface area contributed by atoms with Crippen molar-refractivity contribution >= 4 is 23.4 Å². The molecule has 9 nitrogen and oxygen atoms in total. The normalized spacial score (nSPS) is 19.0. The van der Waals surface area contributed by atoms with Gasteiger partial charge in [0.05, 0.1) is 14.2 Å². The molecule has 1 aromatic carbocycles. The van der Waals surface area contributed by atoms with E-state index < -0.39 is 5.91 Å². The number of hydrogen-bond acceptors (Lipinski definition) is 8. The second kappa shape index (κ2) is 8.75. The molecular weight excluding hydrogens is 360 g/mol. The maximum atomic E-state index is 11.8. The van der Waals surface area contributed by atoms with Crippen LogP contribution in [0, 0.1) is 0 Å². The Bertz CT molecular complexity index is 844. The average Bonchev–Trinajstić information content (AvgIpc) is 2.69. The molecule has 1 heterocycles. The molecule has 0 spiro atoms. The Kier molecular flexibility index (Phi) is 6.15. The monoisotopic (exact) mass is 386 g/mol. The molecule has 9 heteroatoms. The van der Waals surface area contributed by atoms with Crippen molar-refractivity contribution in [1.82, 2.24) is 9.97 Å². The van der Waals surface area contributed by atoms with E-state index in [1.54, 1.807) is 32.4 Å². The number of aromatic nitrogens is 2. The van der Waals surface area contributed by atoms with Gasteiger partial charge in [0.15, 0.2) is 11.5 Å². The molecule has 1 amide bonds. The first-order chi connectivity index (χ1) is 13.5. The fraction of sp³-hybridized carbons (Fsp3) is 0.421. The van der Waals surface area contributed by atoms with Crippen LogP contribution in [0.25, 0.3) is 0 Å². The molecule has 1 aromatic heterocycles. The van der Waals surface area contributed by atoms with E-state index in [0.29, 0.717) is 29.0 Å². The van der Waals surface area contributed by atoms with E-state index in [9.17, 15) is 4.79 Å². The molecule has 0 unspecified atom stereocenters. The third kappa shape index (κ3) is 4.42. The average molecular weight is 386 g/mol. The molecular formula is C19H26N6O3. The van der Waals surface area contributed by atoms with Crippen molar-refractivity contribution in [2.24, 2.45) is 11.5 Å². The van der Waals surface area contributed by atoms with Gasteiger partial charge in [-0.3, -0.25) is 4.79 Å². The van der Waals surface area contributed by atoms with E-state index in [4.69, 9.17) is 20.9 Å². The summed E-state index contributed by atoms with van der Waals surface area (Å²) in [6.45, 7) is 0. The molecule has 3 rings (SSSR count). The van der Waals surface area contributed by atoms with Gasteiger partial charge < -0.3 is 31.6 Å². The molecule has 6 N–H and O–H groups in total. The van der Waals surface area contributed by atoms with Crippen molar-refractivity contribution in [1.29, 1.82) is 0 Å². The Morgan fingerprint density at radius 1 is 1.18 bits per heavy atom. The summed E-state index contributed by atoms with van der Waals surface area (Å²) in [5, 5.41) is 6.39. The number of ether oxygens (including phenoxy) is 2. The Labute approximate surface area is 163 Å². The zero-order valence-corrected chi connectivity index (χ0v) is 16.1. The molecule has 0 bridgehead atoms. The van der Waals surface area contributed by atoms with Crippen molar-refractivity contribution in [2.75, 3.05) is 24.9 Å². The fourth-order valence-electron chi connectivity index (χ4n) is 3.28. The first-order valence-electron chi connectivity index (χ1n) is 9.20. The summed E-state index contributed by atoms with van der Waals surface area (Å²) in [6.07, 6.45) is 5.58. The molecule has 2 atom stereocenters. The van der Waals surface area contributed by atoms with Gasteiger partial charge in [-0.25, -0.2) is 4.98 Å². The van der Waals surface area contributed by atoms with E-state index in [-0.39, 0.29) is 17.6 Å². The molecule has 1 aliphatic carbocycles. The summed E-state index contributed by atoms with van der Waals surface area (Å²) >= 11 is 0. The van der Waals surface area contributed by atoms with Gasteiger partial charge in [-0.05, 0) is 25.0 Å². The van der Waals surface area contributed by atoms with E-state index in [2.05, 4.69) is 20.6 Å². The zero-order valence-electron chi connectivity index (χ0n) is 16.1. The number of nitrogens with zero attached hydrogens (tertiary/aromatic N) is 2. The van der Waals surface area contributed by atoms with Crippen molar-refractivity contribution in [3.8, 4) is 11.5 Å².